The highest BCUT2D eigenvalue weighted by atomic mass is 32.1. The van der Waals surface area contributed by atoms with E-state index in [1.54, 1.807) is 18.5 Å². The molecule has 0 aliphatic carbocycles. The van der Waals surface area contributed by atoms with Gasteiger partial charge in [-0.25, -0.2) is 15.0 Å². The molecule has 0 saturated carbocycles. The van der Waals surface area contributed by atoms with E-state index in [0.717, 1.165) is 29.4 Å². The van der Waals surface area contributed by atoms with Gasteiger partial charge in [0.2, 0.25) is 11.9 Å². The van der Waals surface area contributed by atoms with Crippen molar-refractivity contribution in [3.05, 3.63) is 63.9 Å². The Bertz CT molecular complexity index is 1110. The zero-order chi connectivity index (χ0) is 23.4. The average Bonchev–Trinajstić information content (AvgIpc) is 3.23. The van der Waals surface area contributed by atoms with Crippen LogP contribution in [-0.4, -0.2) is 57.8 Å². The quantitative estimate of drug-likeness (QED) is 0.600. The predicted molar refractivity (Wildman–Crippen MR) is 130 cm³/mol. The van der Waals surface area contributed by atoms with Crippen molar-refractivity contribution in [2.24, 2.45) is 0 Å². The van der Waals surface area contributed by atoms with E-state index in [2.05, 4.69) is 39.0 Å². The lowest BCUT2D eigenvalue weighted by Crippen LogP contribution is -2.49. The van der Waals surface area contributed by atoms with Crippen molar-refractivity contribution in [2.75, 3.05) is 36.4 Å². The summed E-state index contributed by atoms with van der Waals surface area (Å²) in [5, 5.41) is 3.90. The van der Waals surface area contributed by atoms with Gasteiger partial charge in [0.1, 0.15) is 4.88 Å². The van der Waals surface area contributed by atoms with Crippen LogP contribution in [0.4, 0.5) is 11.6 Å². The summed E-state index contributed by atoms with van der Waals surface area (Å²) >= 11 is 1.44. The standard InChI is InChI=1S/C24H28N6O2S/c1-16(2)23-27-17(3)21(33-23)22(32)28-19-7-5-18(6-8-19)15-20(31)29-11-13-30(14-12-29)24-25-9-4-10-26-24/h4-10,16H,11-15H2,1-3H3,(H,28,32). The highest BCUT2D eigenvalue weighted by Crippen LogP contribution is 2.25. The summed E-state index contributed by atoms with van der Waals surface area (Å²) in [6, 6.07) is 9.25. The Morgan fingerprint density at radius 1 is 1.06 bits per heavy atom. The number of anilines is 2. The van der Waals surface area contributed by atoms with Crippen molar-refractivity contribution < 1.29 is 9.59 Å². The van der Waals surface area contributed by atoms with Crippen molar-refractivity contribution in [3.63, 3.8) is 0 Å². The van der Waals surface area contributed by atoms with Crippen LogP contribution in [0.1, 0.15) is 45.7 Å². The van der Waals surface area contributed by atoms with E-state index in [-0.39, 0.29) is 11.8 Å². The van der Waals surface area contributed by atoms with Gasteiger partial charge in [0.15, 0.2) is 0 Å². The van der Waals surface area contributed by atoms with E-state index in [0.29, 0.717) is 41.9 Å². The molecule has 172 valence electrons. The smallest absolute Gasteiger partial charge is 0.267 e. The molecule has 8 nitrogen and oxygen atoms in total. The van der Waals surface area contributed by atoms with Gasteiger partial charge in [-0.15, -0.1) is 11.3 Å². The molecule has 1 N–H and O–H groups in total. The molecule has 33 heavy (non-hydrogen) atoms. The minimum Gasteiger partial charge on any atom is -0.339 e. The second-order valence-corrected chi connectivity index (χ2v) is 9.40. The number of amides is 2. The molecule has 9 heteroatoms. The van der Waals surface area contributed by atoms with Crippen LogP contribution >= 0.6 is 11.3 Å². The monoisotopic (exact) mass is 464 g/mol. The van der Waals surface area contributed by atoms with Crippen LogP contribution in [0.5, 0.6) is 0 Å². The van der Waals surface area contributed by atoms with Crippen molar-refractivity contribution in [2.45, 2.75) is 33.1 Å². The molecule has 0 bridgehead atoms. The molecule has 2 aromatic heterocycles. The number of hydrogen-bond acceptors (Lipinski definition) is 7. The minimum absolute atomic E-state index is 0.0990. The summed E-state index contributed by atoms with van der Waals surface area (Å²) in [5.74, 6) is 0.945. The maximum absolute atomic E-state index is 12.8. The first-order chi connectivity index (χ1) is 15.9. The summed E-state index contributed by atoms with van der Waals surface area (Å²) in [7, 11) is 0. The van der Waals surface area contributed by atoms with Gasteiger partial charge in [-0.1, -0.05) is 26.0 Å². The number of carbonyl (C=O) groups is 2. The first-order valence-electron chi connectivity index (χ1n) is 11.1. The zero-order valence-corrected chi connectivity index (χ0v) is 19.9. The van der Waals surface area contributed by atoms with Crippen LogP contribution < -0.4 is 10.2 Å². The molecule has 3 heterocycles. The van der Waals surface area contributed by atoms with Crippen LogP contribution in [0.3, 0.4) is 0 Å². The molecule has 0 unspecified atom stereocenters. The third kappa shape index (κ3) is 5.54. The number of aromatic nitrogens is 3. The maximum Gasteiger partial charge on any atom is 0.267 e. The van der Waals surface area contributed by atoms with Gasteiger partial charge in [0, 0.05) is 50.2 Å². The molecule has 4 rings (SSSR count). The molecule has 0 radical (unpaired) electrons. The third-order valence-corrected chi connectivity index (χ3v) is 7.00. The van der Waals surface area contributed by atoms with Crippen LogP contribution in [0.15, 0.2) is 42.7 Å². The number of aryl methyl sites for hydroxylation is 1. The molecule has 1 fully saturated rings. The Morgan fingerprint density at radius 2 is 1.73 bits per heavy atom. The first kappa shape index (κ1) is 22.8. The van der Waals surface area contributed by atoms with Gasteiger partial charge in [0.25, 0.3) is 5.91 Å². The second-order valence-electron chi connectivity index (χ2n) is 8.37. The highest BCUT2D eigenvalue weighted by Gasteiger charge is 2.22. The lowest BCUT2D eigenvalue weighted by Gasteiger charge is -2.34. The number of hydrogen-bond donors (Lipinski definition) is 1. The Morgan fingerprint density at radius 3 is 2.33 bits per heavy atom. The number of benzene rings is 1. The fourth-order valence-electron chi connectivity index (χ4n) is 3.67. The van der Waals surface area contributed by atoms with Gasteiger partial charge >= 0.3 is 0 Å². The Kier molecular flexibility index (Phi) is 6.98. The highest BCUT2D eigenvalue weighted by molar-refractivity contribution is 7.14. The van der Waals surface area contributed by atoms with Crippen LogP contribution in [0, 0.1) is 6.92 Å². The van der Waals surface area contributed by atoms with Gasteiger partial charge in [-0.3, -0.25) is 9.59 Å². The molecule has 1 saturated heterocycles. The number of piperazine rings is 1. The number of nitrogens with one attached hydrogen (secondary N) is 1. The number of thiazole rings is 1. The fourth-order valence-corrected chi connectivity index (χ4v) is 4.63. The maximum atomic E-state index is 12.8. The van der Waals surface area contributed by atoms with Crippen molar-refractivity contribution in [3.8, 4) is 0 Å². The summed E-state index contributed by atoms with van der Waals surface area (Å²) in [6.07, 6.45) is 3.79. The Labute approximate surface area is 197 Å². The lowest BCUT2D eigenvalue weighted by molar-refractivity contribution is -0.130. The van der Waals surface area contributed by atoms with E-state index < -0.39 is 0 Å². The van der Waals surface area contributed by atoms with Gasteiger partial charge in [0.05, 0.1) is 17.1 Å². The summed E-state index contributed by atoms with van der Waals surface area (Å²) < 4.78 is 0. The van der Waals surface area contributed by atoms with E-state index >= 15 is 0 Å². The van der Waals surface area contributed by atoms with Crippen molar-refractivity contribution in [1.82, 2.24) is 19.9 Å². The normalized spacial score (nSPS) is 13.9. The van der Waals surface area contributed by atoms with E-state index in [1.807, 2.05) is 36.1 Å². The van der Waals surface area contributed by atoms with Gasteiger partial charge < -0.3 is 15.1 Å². The molecule has 3 aromatic rings. The summed E-state index contributed by atoms with van der Waals surface area (Å²) in [4.78, 5) is 43.1. The topological polar surface area (TPSA) is 91.3 Å². The van der Waals surface area contributed by atoms with Crippen LogP contribution in [-0.2, 0) is 11.2 Å². The molecular formula is C24H28N6O2S. The third-order valence-electron chi connectivity index (χ3n) is 5.55. The molecule has 0 spiro atoms. The second kappa shape index (κ2) is 10.1. The average molecular weight is 465 g/mol. The van der Waals surface area contributed by atoms with E-state index in [4.69, 9.17) is 0 Å². The number of nitrogens with zero attached hydrogens (tertiary/aromatic N) is 5. The Hall–Kier alpha value is -3.33. The molecule has 1 aliphatic heterocycles. The number of carbonyl (C=O) groups excluding carboxylic acids is 2. The number of rotatable bonds is 6. The predicted octanol–water partition coefficient (Wildman–Crippen LogP) is 3.51. The summed E-state index contributed by atoms with van der Waals surface area (Å²) in [5.41, 5.74) is 2.37. The first-order valence-corrected chi connectivity index (χ1v) is 11.9. The fraction of sp³-hybridized carbons (Fsp3) is 0.375. The molecule has 0 atom stereocenters. The molecular weight excluding hydrogens is 436 g/mol. The molecule has 2 amide bonds. The lowest BCUT2D eigenvalue weighted by atomic mass is 10.1. The van der Waals surface area contributed by atoms with Crippen LogP contribution in [0.25, 0.3) is 0 Å². The van der Waals surface area contributed by atoms with E-state index in [1.165, 1.54) is 11.3 Å². The molecule has 1 aromatic carbocycles. The largest absolute Gasteiger partial charge is 0.339 e. The Balaban J connectivity index is 1.30. The van der Waals surface area contributed by atoms with Crippen LogP contribution in [0.2, 0.25) is 0 Å². The van der Waals surface area contributed by atoms with E-state index in [9.17, 15) is 9.59 Å². The summed E-state index contributed by atoms with van der Waals surface area (Å²) in [6.45, 7) is 8.73. The molecule has 1 aliphatic rings. The van der Waals surface area contributed by atoms with Crippen molar-refractivity contribution in [1.29, 1.82) is 0 Å². The SMILES string of the molecule is Cc1nc(C(C)C)sc1C(=O)Nc1ccc(CC(=O)N2CCN(c3ncccn3)CC2)cc1. The van der Waals surface area contributed by atoms with Crippen molar-refractivity contribution >= 4 is 34.8 Å². The minimum atomic E-state index is -0.152. The van der Waals surface area contributed by atoms with Gasteiger partial charge in [-0.05, 0) is 30.7 Å². The zero-order valence-electron chi connectivity index (χ0n) is 19.1. The van der Waals surface area contributed by atoms with Gasteiger partial charge in [-0.2, -0.15) is 0 Å².